The summed E-state index contributed by atoms with van der Waals surface area (Å²) >= 11 is 5.72. The van der Waals surface area contributed by atoms with Crippen LogP contribution in [0.15, 0.2) is 22.7 Å². The summed E-state index contributed by atoms with van der Waals surface area (Å²) < 4.78 is 18.9. The highest BCUT2D eigenvalue weighted by molar-refractivity contribution is 6.30. The zero-order valence-electron chi connectivity index (χ0n) is 10.7. The topological polar surface area (TPSA) is 64.9 Å². The molecule has 1 aromatic heterocycles. The Morgan fingerprint density at radius 1 is 1.42 bits per heavy atom. The number of nitrogens with two attached hydrogens (primary N) is 1. The monoisotopic (exact) mass is 283 g/mol. The van der Waals surface area contributed by atoms with Crippen molar-refractivity contribution in [1.82, 2.24) is 10.1 Å². The molecule has 2 N–H and O–H groups in total. The Balaban J connectivity index is 2.18. The highest BCUT2D eigenvalue weighted by Gasteiger charge is 2.18. The van der Waals surface area contributed by atoms with Crippen LogP contribution < -0.4 is 5.73 Å². The van der Waals surface area contributed by atoms with Crippen molar-refractivity contribution in [2.75, 3.05) is 0 Å². The predicted octanol–water partition coefficient (Wildman–Crippen LogP) is 2.90. The summed E-state index contributed by atoms with van der Waals surface area (Å²) in [4.78, 5) is 4.23. The molecule has 6 heteroatoms. The molecule has 0 saturated carbocycles. The molecular weight excluding hydrogens is 269 g/mol. The number of rotatable bonds is 4. The van der Waals surface area contributed by atoms with E-state index in [0.29, 0.717) is 17.3 Å². The first-order valence-corrected chi connectivity index (χ1v) is 6.37. The van der Waals surface area contributed by atoms with E-state index in [1.54, 1.807) is 12.1 Å². The second-order valence-electron chi connectivity index (χ2n) is 4.59. The minimum atomic E-state index is -0.448. The Labute approximate surface area is 115 Å². The molecule has 0 radical (unpaired) electrons. The van der Waals surface area contributed by atoms with Gasteiger partial charge in [0, 0.05) is 12.5 Å². The highest BCUT2D eigenvalue weighted by atomic mass is 35.5. The van der Waals surface area contributed by atoms with E-state index < -0.39 is 5.82 Å². The third-order valence-corrected chi connectivity index (χ3v) is 3.33. The van der Waals surface area contributed by atoms with Gasteiger partial charge in [-0.1, -0.05) is 35.8 Å². The lowest BCUT2D eigenvalue weighted by Gasteiger charge is -2.09. The van der Waals surface area contributed by atoms with Gasteiger partial charge in [-0.05, 0) is 18.6 Å². The number of hydrogen-bond donors (Lipinski definition) is 1. The fourth-order valence-electron chi connectivity index (χ4n) is 1.60. The Kier molecular flexibility index (Phi) is 4.17. The number of aromatic nitrogens is 2. The van der Waals surface area contributed by atoms with Crippen LogP contribution in [0.2, 0.25) is 5.02 Å². The number of halogens is 2. The SMILES string of the molecule is CC(N)C(C)c1nc(Cc2cccc(Cl)c2F)no1. The van der Waals surface area contributed by atoms with Crippen molar-refractivity contribution in [3.8, 4) is 0 Å². The number of benzene rings is 1. The molecule has 0 amide bonds. The summed E-state index contributed by atoms with van der Waals surface area (Å²) in [6, 6.07) is 4.75. The van der Waals surface area contributed by atoms with Gasteiger partial charge < -0.3 is 10.3 Å². The normalized spacial score (nSPS) is 14.4. The zero-order valence-corrected chi connectivity index (χ0v) is 11.5. The van der Waals surface area contributed by atoms with Gasteiger partial charge >= 0.3 is 0 Å². The van der Waals surface area contributed by atoms with Crippen molar-refractivity contribution in [2.24, 2.45) is 5.73 Å². The molecule has 0 fully saturated rings. The van der Waals surface area contributed by atoms with E-state index in [1.807, 2.05) is 13.8 Å². The molecule has 19 heavy (non-hydrogen) atoms. The maximum Gasteiger partial charge on any atom is 0.231 e. The third-order valence-electron chi connectivity index (χ3n) is 3.04. The molecule has 0 aliphatic rings. The van der Waals surface area contributed by atoms with Gasteiger partial charge in [0.1, 0.15) is 5.82 Å². The largest absolute Gasteiger partial charge is 0.339 e. The summed E-state index contributed by atoms with van der Waals surface area (Å²) in [6.45, 7) is 3.77. The minimum absolute atomic E-state index is 0.0366. The molecule has 4 nitrogen and oxygen atoms in total. The van der Waals surface area contributed by atoms with E-state index in [1.165, 1.54) is 6.07 Å². The van der Waals surface area contributed by atoms with E-state index in [0.717, 1.165) is 0 Å². The van der Waals surface area contributed by atoms with Crippen LogP contribution in [0.1, 0.15) is 37.0 Å². The van der Waals surface area contributed by atoms with E-state index in [4.69, 9.17) is 21.9 Å². The lowest BCUT2D eigenvalue weighted by atomic mass is 10.1. The van der Waals surface area contributed by atoms with Gasteiger partial charge in [0.2, 0.25) is 5.89 Å². The molecule has 1 heterocycles. The molecular formula is C13H15ClFN3O. The summed E-state index contributed by atoms with van der Waals surface area (Å²) in [5, 5.41) is 3.92. The maximum absolute atomic E-state index is 13.7. The Hall–Kier alpha value is -1.46. The van der Waals surface area contributed by atoms with E-state index in [2.05, 4.69) is 10.1 Å². The Bertz CT molecular complexity index is 571. The van der Waals surface area contributed by atoms with Crippen molar-refractivity contribution in [1.29, 1.82) is 0 Å². The number of nitrogens with zero attached hydrogens (tertiary/aromatic N) is 2. The Morgan fingerprint density at radius 2 is 2.16 bits per heavy atom. The van der Waals surface area contributed by atoms with Crippen LogP contribution in [0.4, 0.5) is 4.39 Å². The second-order valence-corrected chi connectivity index (χ2v) is 4.99. The van der Waals surface area contributed by atoms with Crippen LogP contribution >= 0.6 is 11.6 Å². The van der Waals surface area contributed by atoms with Gasteiger partial charge in [0.05, 0.1) is 10.9 Å². The van der Waals surface area contributed by atoms with E-state index in [9.17, 15) is 4.39 Å². The quantitative estimate of drug-likeness (QED) is 0.937. The molecule has 2 aromatic rings. The minimum Gasteiger partial charge on any atom is -0.339 e. The highest BCUT2D eigenvalue weighted by Crippen LogP contribution is 2.21. The molecule has 2 unspecified atom stereocenters. The summed E-state index contributed by atoms with van der Waals surface area (Å²) in [5.41, 5.74) is 6.21. The number of hydrogen-bond acceptors (Lipinski definition) is 4. The van der Waals surface area contributed by atoms with Crippen LogP contribution in [0.5, 0.6) is 0 Å². The first kappa shape index (κ1) is 14.0. The van der Waals surface area contributed by atoms with Crippen LogP contribution in [0, 0.1) is 5.82 Å². The summed E-state index contributed by atoms with van der Waals surface area (Å²) in [7, 11) is 0. The average Bonchev–Trinajstić information content (AvgIpc) is 2.82. The third kappa shape index (κ3) is 3.11. The Morgan fingerprint density at radius 3 is 2.84 bits per heavy atom. The van der Waals surface area contributed by atoms with Gasteiger partial charge in [0.15, 0.2) is 5.82 Å². The van der Waals surface area contributed by atoms with Crippen LogP contribution in [-0.2, 0) is 6.42 Å². The van der Waals surface area contributed by atoms with Crippen molar-refractivity contribution < 1.29 is 8.91 Å². The van der Waals surface area contributed by atoms with Gasteiger partial charge in [-0.15, -0.1) is 0 Å². The smallest absolute Gasteiger partial charge is 0.231 e. The van der Waals surface area contributed by atoms with Crippen LogP contribution in [0.3, 0.4) is 0 Å². The van der Waals surface area contributed by atoms with Gasteiger partial charge in [-0.3, -0.25) is 0 Å². The summed E-state index contributed by atoms with van der Waals surface area (Å²) in [5.74, 6) is 0.400. The van der Waals surface area contributed by atoms with Crippen LogP contribution in [-0.4, -0.2) is 16.2 Å². The second kappa shape index (κ2) is 5.67. The van der Waals surface area contributed by atoms with Crippen molar-refractivity contribution in [3.63, 3.8) is 0 Å². The van der Waals surface area contributed by atoms with E-state index in [-0.39, 0.29) is 23.4 Å². The van der Waals surface area contributed by atoms with Crippen molar-refractivity contribution in [2.45, 2.75) is 32.2 Å². The van der Waals surface area contributed by atoms with Gasteiger partial charge in [0.25, 0.3) is 0 Å². The van der Waals surface area contributed by atoms with Crippen molar-refractivity contribution >= 4 is 11.6 Å². The molecule has 1 aromatic carbocycles. The fraction of sp³-hybridized carbons (Fsp3) is 0.385. The van der Waals surface area contributed by atoms with Crippen LogP contribution in [0.25, 0.3) is 0 Å². The first-order chi connectivity index (χ1) is 8.99. The summed E-state index contributed by atoms with van der Waals surface area (Å²) in [6.07, 6.45) is 0.238. The fourth-order valence-corrected chi connectivity index (χ4v) is 1.80. The lowest BCUT2D eigenvalue weighted by Crippen LogP contribution is -2.22. The lowest BCUT2D eigenvalue weighted by molar-refractivity contribution is 0.343. The molecule has 0 saturated heterocycles. The van der Waals surface area contributed by atoms with Gasteiger partial charge in [-0.2, -0.15) is 4.98 Å². The first-order valence-electron chi connectivity index (χ1n) is 6.00. The molecule has 0 aliphatic carbocycles. The van der Waals surface area contributed by atoms with E-state index >= 15 is 0 Å². The molecule has 0 bridgehead atoms. The average molecular weight is 284 g/mol. The maximum atomic E-state index is 13.7. The van der Waals surface area contributed by atoms with Crippen molar-refractivity contribution in [3.05, 3.63) is 46.3 Å². The standard InChI is InChI=1S/C13H15ClFN3O/c1-7(8(2)16)13-17-11(18-19-13)6-9-4-3-5-10(14)12(9)15/h3-5,7-8H,6,16H2,1-2H3. The predicted molar refractivity (Wildman–Crippen MR) is 70.6 cm³/mol. The molecule has 0 spiro atoms. The van der Waals surface area contributed by atoms with Gasteiger partial charge in [-0.25, -0.2) is 4.39 Å². The molecule has 102 valence electrons. The zero-order chi connectivity index (χ0) is 14.0. The molecule has 0 aliphatic heterocycles. The molecule has 2 atom stereocenters. The molecule has 2 rings (SSSR count).